The van der Waals surface area contributed by atoms with Crippen LogP contribution in [0.5, 0.6) is 0 Å². The molecule has 0 amide bonds. The van der Waals surface area contributed by atoms with Gasteiger partial charge in [0.05, 0.1) is 14.2 Å². The Morgan fingerprint density at radius 3 is 1.39 bits per heavy atom. The highest BCUT2D eigenvalue weighted by atomic mass is 16.5. The summed E-state index contributed by atoms with van der Waals surface area (Å²) in [5.74, 6) is 2.82. The Balaban J connectivity index is 0.000000142. The number of carbonyl (C=O) groups is 2. The predicted molar refractivity (Wildman–Crippen MR) is 164 cm³/mol. The van der Waals surface area contributed by atoms with Crippen LogP contribution in [0, 0.1) is 0 Å². The fourth-order valence-corrected chi connectivity index (χ4v) is 5.83. The maximum Gasteiger partial charge on any atom is 0.356 e. The van der Waals surface area contributed by atoms with Crippen molar-refractivity contribution in [2.24, 2.45) is 0 Å². The smallest absolute Gasteiger partial charge is 0.356 e. The van der Waals surface area contributed by atoms with Gasteiger partial charge < -0.3 is 18.3 Å². The van der Waals surface area contributed by atoms with E-state index in [0.29, 0.717) is 35.1 Å². The van der Waals surface area contributed by atoms with Gasteiger partial charge in [0.1, 0.15) is 11.5 Å². The maximum atomic E-state index is 11.5. The fraction of sp³-hybridized carbons (Fsp3) is 0.222. The van der Waals surface area contributed by atoms with Gasteiger partial charge in [0, 0.05) is 22.6 Å². The summed E-state index contributed by atoms with van der Waals surface area (Å²) in [5, 5.41) is 1.84. The molecule has 220 valence electrons. The van der Waals surface area contributed by atoms with E-state index in [1.165, 1.54) is 25.3 Å². The van der Waals surface area contributed by atoms with Crippen LogP contribution in [0.4, 0.5) is 0 Å². The first-order valence-electron chi connectivity index (χ1n) is 14.6. The van der Waals surface area contributed by atoms with E-state index in [-0.39, 0.29) is 11.4 Å². The van der Waals surface area contributed by atoms with Crippen LogP contribution >= 0.6 is 0 Å². The first-order chi connectivity index (χ1) is 21.5. The zero-order valence-electron chi connectivity index (χ0n) is 24.3. The Morgan fingerprint density at radius 2 is 1.00 bits per heavy atom. The number of carbonyl (C=O) groups excluding carboxylic acids is 2. The standard InChI is InChI=1S/2C18H15NO3/c2*1-21-18(20)15-8-7-12-9-16(22-17(12)19-15)14-10-13(14)11-5-3-2-4-6-11/h2*2-9,13-14H,10H2,1H3/t2*13-,14+/m10/s1. The molecule has 8 rings (SSSR count). The SMILES string of the molecule is COC(=O)c1ccc2cc([C@@H]3C[C@H]3c3ccccc3)oc2n1.COC(=O)c1ccc2cc([C@H]3C[C@@H]3c3ccccc3)oc2n1. The van der Waals surface area contributed by atoms with Crippen LogP contribution in [0.2, 0.25) is 0 Å². The number of methoxy groups -OCH3 is 2. The summed E-state index contributed by atoms with van der Waals surface area (Å²) in [6.07, 6.45) is 2.18. The number of hydrogen-bond donors (Lipinski definition) is 0. The van der Waals surface area contributed by atoms with Crippen molar-refractivity contribution in [3.05, 3.63) is 131 Å². The second-order valence-electron chi connectivity index (χ2n) is 11.2. The number of esters is 2. The molecule has 4 atom stereocenters. The molecule has 0 saturated heterocycles. The number of ether oxygens (including phenoxy) is 2. The van der Waals surface area contributed by atoms with Gasteiger partial charge in [-0.1, -0.05) is 60.7 Å². The molecule has 2 aliphatic rings. The van der Waals surface area contributed by atoms with Crippen molar-refractivity contribution in [1.29, 1.82) is 0 Å². The Hall–Kier alpha value is -5.24. The van der Waals surface area contributed by atoms with Crippen molar-refractivity contribution in [1.82, 2.24) is 9.97 Å². The van der Waals surface area contributed by atoms with Crippen molar-refractivity contribution in [3.8, 4) is 0 Å². The molecule has 2 fully saturated rings. The van der Waals surface area contributed by atoms with Gasteiger partial charge in [0.25, 0.3) is 0 Å². The van der Waals surface area contributed by atoms with E-state index < -0.39 is 11.9 Å². The summed E-state index contributed by atoms with van der Waals surface area (Å²) in [6, 6.07) is 32.0. The van der Waals surface area contributed by atoms with Gasteiger partial charge in [-0.25, -0.2) is 19.6 Å². The number of pyridine rings is 2. The molecule has 0 N–H and O–H groups in total. The van der Waals surface area contributed by atoms with Gasteiger partial charge in [-0.15, -0.1) is 0 Å². The zero-order chi connectivity index (χ0) is 30.2. The molecular weight excluding hydrogens is 556 g/mol. The molecule has 2 aliphatic carbocycles. The number of nitrogens with zero attached hydrogens (tertiary/aromatic N) is 2. The highest BCUT2D eigenvalue weighted by Crippen LogP contribution is 2.56. The largest absolute Gasteiger partial charge is 0.464 e. The lowest BCUT2D eigenvalue weighted by molar-refractivity contribution is 0.0585. The van der Waals surface area contributed by atoms with Crippen LogP contribution < -0.4 is 0 Å². The number of fused-ring (bicyclic) bond motifs is 2. The summed E-state index contributed by atoms with van der Waals surface area (Å²) >= 11 is 0. The number of aromatic nitrogens is 2. The van der Waals surface area contributed by atoms with E-state index in [9.17, 15) is 9.59 Å². The Kier molecular flexibility index (Phi) is 7.18. The van der Waals surface area contributed by atoms with E-state index in [1.54, 1.807) is 12.1 Å². The molecule has 2 aromatic carbocycles. The summed E-state index contributed by atoms with van der Waals surface area (Å²) in [4.78, 5) is 31.5. The molecule has 0 spiro atoms. The Bertz CT molecular complexity index is 1820. The number of benzene rings is 2. The minimum absolute atomic E-state index is 0.270. The fourth-order valence-electron chi connectivity index (χ4n) is 5.83. The van der Waals surface area contributed by atoms with Crippen molar-refractivity contribution < 1.29 is 27.9 Å². The predicted octanol–water partition coefficient (Wildman–Crippen LogP) is 7.77. The monoisotopic (exact) mass is 586 g/mol. The Morgan fingerprint density at radius 1 is 0.591 bits per heavy atom. The zero-order valence-corrected chi connectivity index (χ0v) is 24.3. The molecule has 44 heavy (non-hydrogen) atoms. The van der Waals surface area contributed by atoms with Crippen LogP contribution in [0.25, 0.3) is 22.2 Å². The van der Waals surface area contributed by atoms with Crippen LogP contribution in [0.1, 0.15) is 80.1 Å². The van der Waals surface area contributed by atoms with Crippen LogP contribution in [0.15, 0.2) is 106 Å². The number of rotatable bonds is 6. The third-order valence-corrected chi connectivity index (χ3v) is 8.36. The van der Waals surface area contributed by atoms with Crippen molar-refractivity contribution in [2.45, 2.75) is 36.5 Å². The molecule has 0 aliphatic heterocycles. The number of hydrogen-bond acceptors (Lipinski definition) is 8. The van der Waals surface area contributed by atoms with Crippen LogP contribution in [0.3, 0.4) is 0 Å². The van der Waals surface area contributed by atoms with Crippen molar-refractivity contribution >= 4 is 34.1 Å². The van der Waals surface area contributed by atoms with Gasteiger partial charge >= 0.3 is 11.9 Å². The Labute approximate surface area is 253 Å². The summed E-state index contributed by atoms with van der Waals surface area (Å²) in [6.45, 7) is 0. The third kappa shape index (κ3) is 5.46. The van der Waals surface area contributed by atoms with E-state index >= 15 is 0 Å². The minimum Gasteiger partial charge on any atom is -0.464 e. The van der Waals surface area contributed by atoms with E-state index in [2.05, 4.69) is 68.0 Å². The molecule has 8 nitrogen and oxygen atoms in total. The molecule has 6 aromatic rings. The molecule has 2 saturated carbocycles. The molecule has 4 aromatic heterocycles. The first-order valence-corrected chi connectivity index (χ1v) is 14.6. The normalized spacial score (nSPS) is 20.0. The van der Waals surface area contributed by atoms with Gasteiger partial charge in [-0.2, -0.15) is 0 Å². The van der Waals surface area contributed by atoms with Crippen molar-refractivity contribution in [3.63, 3.8) is 0 Å². The lowest BCUT2D eigenvalue weighted by Gasteiger charge is -1.97. The molecule has 8 heteroatoms. The lowest BCUT2D eigenvalue weighted by atomic mass is 10.1. The van der Waals surface area contributed by atoms with Gasteiger partial charge in [0.15, 0.2) is 11.4 Å². The van der Waals surface area contributed by atoms with Crippen LogP contribution in [-0.4, -0.2) is 36.1 Å². The first kappa shape index (κ1) is 27.6. The molecule has 0 unspecified atom stereocenters. The summed E-state index contributed by atoms with van der Waals surface area (Å²) < 4.78 is 21.1. The van der Waals surface area contributed by atoms with E-state index in [4.69, 9.17) is 8.83 Å². The molecule has 4 heterocycles. The highest BCUT2D eigenvalue weighted by Gasteiger charge is 2.42. The van der Waals surface area contributed by atoms with Gasteiger partial charge in [-0.3, -0.25) is 0 Å². The minimum atomic E-state index is -0.451. The average molecular weight is 587 g/mol. The highest BCUT2D eigenvalue weighted by molar-refractivity contribution is 5.90. The average Bonchev–Trinajstić information content (AvgIpc) is 3.98. The quantitative estimate of drug-likeness (QED) is 0.182. The second-order valence-corrected chi connectivity index (χ2v) is 11.2. The summed E-state index contributed by atoms with van der Waals surface area (Å²) in [7, 11) is 2.69. The number of furan rings is 2. The lowest BCUT2D eigenvalue weighted by Crippen LogP contribution is -2.03. The van der Waals surface area contributed by atoms with Gasteiger partial charge in [-0.05, 0) is 72.2 Å². The summed E-state index contributed by atoms with van der Waals surface area (Å²) in [5.41, 5.74) is 4.22. The molecule has 0 bridgehead atoms. The molecule has 0 radical (unpaired) electrons. The maximum absolute atomic E-state index is 11.5. The van der Waals surface area contributed by atoms with E-state index in [1.807, 2.05) is 36.4 Å². The molecular formula is C36H30N2O6. The van der Waals surface area contributed by atoms with Crippen LogP contribution in [-0.2, 0) is 9.47 Å². The van der Waals surface area contributed by atoms with E-state index in [0.717, 1.165) is 35.1 Å². The topological polar surface area (TPSA) is 105 Å². The second kappa shape index (κ2) is 11.4. The third-order valence-electron chi connectivity index (χ3n) is 8.36. The van der Waals surface area contributed by atoms with Gasteiger partial charge in [0.2, 0.25) is 11.4 Å². The van der Waals surface area contributed by atoms with Crippen molar-refractivity contribution in [2.75, 3.05) is 14.2 Å².